The molecule has 1 unspecified atom stereocenters. The highest BCUT2D eigenvalue weighted by atomic mass is 16.1. The van der Waals surface area contributed by atoms with Gasteiger partial charge in [0.05, 0.1) is 6.54 Å². The van der Waals surface area contributed by atoms with Gasteiger partial charge in [-0.15, -0.1) is 0 Å². The minimum Gasteiger partial charge on any atom is -0.384 e. The second kappa shape index (κ2) is 5.51. The number of carbonyl (C=O) groups excluding carboxylic acids is 1. The van der Waals surface area contributed by atoms with Gasteiger partial charge in [-0.2, -0.15) is 5.10 Å². The maximum atomic E-state index is 12.1. The van der Waals surface area contributed by atoms with Gasteiger partial charge in [0.25, 0.3) is 5.91 Å². The second-order valence-corrected chi connectivity index (χ2v) is 4.52. The summed E-state index contributed by atoms with van der Waals surface area (Å²) in [5.74, 6) is 0.196. The lowest BCUT2D eigenvalue weighted by Crippen LogP contribution is -2.35. The molecule has 19 heavy (non-hydrogen) atoms. The number of aryl methyl sites for hydroxylation is 1. The predicted octanol–water partition coefficient (Wildman–Crippen LogP) is 0.987. The maximum Gasteiger partial charge on any atom is 0.251 e. The maximum absolute atomic E-state index is 12.1. The van der Waals surface area contributed by atoms with Gasteiger partial charge >= 0.3 is 0 Å². The highest BCUT2D eigenvalue weighted by molar-refractivity contribution is 5.95. The Morgan fingerprint density at radius 3 is 2.95 bits per heavy atom. The van der Waals surface area contributed by atoms with Crippen LogP contribution in [-0.2, 0) is 6.54 Å². The molecule has 0 bridgehead atoms. The summed E-state index contributed by atoms with van der Waals surface area (Å²) in [6.45, 7) is 4.36. The lowest BCUT2D eigenvalue weighted by atomic mass is 10.2. The van der Waals surface area contributed by atoms with Crippen molar-refractivity contribution < 1.29 is 4.79 Å². The summed E-state index contributed by atoms with van der Waals surface area (Å²) in [4.78, 5) is 16.1. The molecule has 2 heterocycles. The third-order valence-corrected chi connectivity index (χ3v) is 2.63. The summed E-state index contributed by atoms with van der Waals surface area (Å²) >= 11 is 0. The molecule has 2 aromatic heterocycles. The Kier molecular flexibility index (Phi) is 3.79. The monoisotopic (exact) mass is 259 g/mol. The molecule has 2 rings (SSSR count). The second-order valence-electron chi connectivity index (χ2n) is 4.52. The number of amides is 1. The fraction of sp³-hybridized carbons (Fsp3) is 0.308. The van der Waals surface area contributed by atoms with E-state index in [-0.39, 0.29) is 11.9 Å². The lowest BCUT2D eigenvalue weighted by molar-refractivity contribution is 0.0936. The molecule has 0 saturated carbocycles. The largest absolute Gasteiger partial charge is 0.384 e. The van der Waals surface area contributed by atoms with Crippen molar-refractivity contribution in [3.8, 4) is 0 Å². The minimum atomic E-state index is -0.156. The molecule has 1 amide bonds. The Morgan fingerprint density at radius 2 is 2.32 bits per heavy atom. The van der Waals surface area contributed by atoms with Crippen molar-refractivity contribution in [3.05, 3.63) is 41.9 Å². The Hall–Kier alpha value is -2.37. The molecule has 0 fully saturated rings. The summed E-state index contributed by atoms with van der Waals surface area (Å²) in [5.41, 5.74) is 6.88. The van der Waals surface area contributed by atoms with Gasteiger partial charge in [-0.3, -0.25) is 9.48 Å². The minimum absolute atomic E-state index is 0.0258. The Labute approximate surface area is 111 Å². The van der Waals surface area contributed by atoms with Crippen LogP contribution in [0.3, 0.4) is 0 Å². The average molecular weight is 259 g/mol. The predicted molar refractivity (Wildman–Crippen MR) is 72.5 cm³/mol. The van der Waals surface area contributed by atoms with E-state index >= 15 is 0 Å². The first-order valence-corrected chi connectivity index (χ1v) is 6.07. The fourth-order valence-corrected chi connectivity index (χ4v) is 1.87. The standard InChI is InChI=1S/C13H17N5O/c1-9-6-11(7-12(14)16-9)13(19)17-10(2)8-18-5-3-4-15-18/h3-7,10H,8H2,1-2H3,(H2,14,16)(H,17,19). The first kappa shape index (κ1) is 13.1. The quantitative estimate of drug-likeness (QED) is 0.857. The van der Waals surface area contributed by atoms with E-state index in [4.69, 9.17) is 5.73 Å². The van der Waals surface area contributed by atoms with Crippen LogP contribution >= 0.6 is 0 Å². The number of hydrogen-bond acceptors (Lipinski definition) is 4. The summed E-state index contributed by atoms with van der Waals surface area (Å²) in [6.07, 6.45) is 3.57. The van der Waals surface area contributed by atoms with Crippen molar-refractivity contribution in [2.75, 3.05) is 5.73 Å². The molecule has 0 aliphatic heterocycles. The molecule has 6 nitrogen and oxygen atoms in total. The van der Waals surface area contributed by atoms with Crippen molar-refractivity contribution in [2.24, 2.45) is 0 Å². The van der Waals surface area contributed by atoms with E-state index < -0.39 is 0 Å². The van der Waals surface area contributed by atoms with Gasteiger partial charge < -0.3 is 11.1 Å². The van der Waals surface area contributed by atoms with E-state index in [1.807, 2.05) is 19.2 Å². The molecule has 100 valence electrons. The van der Waals surface area contributed by atoms with Crippen LogP contribution in [0, 0.1) is 6.92 Å². The summed E-state index contributed by atoms with van der Waals surface area (Å²) in [7, 11) is 0. The molecule has 0 aliphatic carbocycles. The van der Waals surface area contributed by atoms with Crippen molar-refractivity contribution >= 4 is 11.7 Å². The number of rotatable bonds is 4. The lowest BCUT2D eigenvalue weighted by Gasteiger charge is -2.14. The number of nitrogens with zero attached hydrogens (tertiary/aromatic N) is 3. The number of carbonyl (C=O) groups is 1. The van der Waals surface area contributed by atoms with Crippen LogP contribution in [0.1, 0.15) is 23.0 Å². The number of nitrogen functional groups attached to an aromatic ring is 1. The molecule has 0 saturated heterocycles. The molecular weight excluding hydrogens is 242 g/mol. The number of nitrogens with two attached hydrogens (primary N) is 1. The van der Waals surface area contributed by atoms with Crippen molar-refractivity contribution in [1.82, 2.24) is 20.1 Å². The van der Waals surface area contributed by atoms with Gasteiger partial charge in [0.1, 0.15) is 5.82 Å². The number of anilines is 1. The molecule has 0 aromatic carbocycles. The number of nitrogens with one attached hydrogen (secondary N) is 1. The van der Waals surface area contributed by atoms with Crippen LogP contribution in [0.4, 0.5) is 5.82 Å². The van der Waals surface area contributed by atoms with E-state index in [1.54, 1.807) is 29.9 Å². The SMILES string of the molecule is Cc1cc(C(=O)NC(C)Cn2cccn2)cc(N)n1. The molecule has 0 radical (unpaired) electrons. The number of aromatic nitrogens is 3. The van der Waals surface area contributed by atoms with E-state index in [2.05, 4.69) is 15.4 Å². The zero-order chi connectivity index (χ0) is 13.8. The molecule has 3 N–H and O–H groups in total. The first-order chi connectivity index (χ1) is 9.04. The van der Waals surface area contributed by atoms with Crippen LogP contribution in [-0.4, -0.2) is 26.7 Å². The first-order valence-electron chi connectivity index (χ1n) is 6.07. The van der Waals surface area contributed by atoms with Crippen LogP contribution in [0.25, 0.3) is 0 Å². The smallest absolute Gasteiger partial charge is 0.251 e. The van der Waals surface area contributed by atoms with Crippen molar-refractivity contribution in [3.63, 3.8) is 0 Å². The van der Waals surface area contributed by atoms with E-state index in [0.29, 0.717) is 17.9 Å². The zero-order valence-corrected chi connectivity index (χ0v) is 11.0. The Morgan fingerprint density at radius 1 is 1.53 bits per heavy atom. The summed E-state index contributed by atoms with van der Waals surface area (Å²) in [5, 5.41) is 7.01. The average Bonchev–Trinajstić information content (AvgIpc) is 2.80. The molecule has 0 aliphatic rings. The Bertz CT molecular complexity index is 544. The van der Waals surface area contributed by atoms with Crippen LogP contribution in [0.2, 0.25) is 0 Å². The van der Waals surface area contributed by atoms with E-state index in [1.165, 1.54) is 0 Å². The number of pyridine rings is 1. The topological polar surface area (TPSA) is 85.8 Å². The van der Waals surface area contributed by atoms with Gasteiger partial charge in [-0.05, 0) is 32.0 Å². The van der Waals surface area contributed by atoms with Gasteiger partial charge in [-0.1, -0.05) is 0 Å². The van der Waals surface area contributed by atoms with Crippen LogP contribution < -0.4 is 11.1 Å². The zero-order valence-electron chi connectivity index (χ0n) is 11.0. The number of hydrogen-bond donors (Lipinski definition) is 2. The third-order valence-electron chi connectivity index (χ3n) is 2.63. The molecule has 1 atom stereocenters. The van der Waals surface area contributed by atoms with Gasteiger partial charge in [0, 0.05) is 29.7 Å². The normalized spacial score (nSPS) is 12.1. The van der Waals surface area contributed by atoms with E-state index in [9.17, 15) is 4.79 Å². The fourth-order valence-electron chi connectivity index (χ4n) is 1.87. The molecule has 2 aromatic rings. The summed E-state index contributed by atoms with van der Waals surface area (Å²) < 4.78 is 1.77. The molecule has 0 spiro atoms. The van der Waals surface area contributed by atoms with Gasteiger partial charge in [-0.25, -0.2) is 4.98 Å². The highest BCUT2D eigenvalue weighted by Gasteiger charge is 2.11. The molecular formula is C13H17N5O. The Balaban J connectivity index is 2.00. The van der Waals surface area contributed by atoms with Gasteiger partial charge in [0.2, 0.25) is 0 Å². The van der Waals surface area contributed by atoms with Crippen molar-refractivity contribution in [2.45, 2.75) is 26.4 Å². The van der Waals surface area contributed by atoms with Crippen LogP contribution in [0.5, 0.6) is 0 Å². The third kappa shape index (κ3) is 3.54. The van der Waals surface area contributed by atoms with Gasteiger partial charge in [0.15, 0.2) is 0 Å². The van der Waals surface area contributed by atoms with Crippen LogP contribution in [0.15, 0.2) is 30.6 Å². The summed E-state index contributed by atoms with van der Waals surface area (Å²) in [6, 6.07) is 5.11. The van der Waals surface area contributed by atoms with E-state index in [0.717, 1.165) is 5.69 Å². The molecule has 6 heteroatoms. The van der Waals surface area contributed by atoms with Crippen molar-refractivity contribution in [1.29, 1.82) is 0 Å². The highest BCUT2D eigenvalue weighted by Crippen LogP contribution is 2.07.